The smallest absolute Gasteiger partial charge is 0.161 e. The van der Waals surface area contributed by atoms with Gasteiger partial charge in [-0.15, -0.1) is 0 Å². The van der Waals surface area contributed by atoms with E-state index in [0.717, 1.165) is 16.9 Å². The number of anilines is 2. The van der Waals surface area contributed by atoms with E-state index in [4.69, 9.17) is 9.47 Å². The Bertz CT molecular complexity index is 794. The van der Waals surface area contributed by atoms with E-state index in [1.807, 2.05) is 90.1 Å². The molecule has 0 unspecified atom stereocenters. The second kappa shape index (κ2) is 8.02. The molecule has 0 spiro atoms. The van der Waals surface area contributed by atoms with E-state index in [-0.39, 0.29) is 0 Å². The van der Waals surface area contributed by atoms with Crippen molar-refractivity contribution < 1.29 is 9.47 Å². The Hall–Kier alpha value is -3.27. The Balaban J connectivity index is 1.94. The first-order valence-electron chi connectivity index (χ1n) is 7.98. The van der Waals surface area contributed by atoms with Gasteiger partial charge in [-0.3, -0.25) is 0 Å². The van der Waals surface area contributed by atoms with Crippen LogP contribution >= 0.6 is 0 Å². The van der Waals surface area contributed by atoms with Crippen LogP contribution in [-0.4, -0.2) is 20.4 Å². The van der Waals surface area contributed by atoms with E-state index in [2.05, 4.69) is 5.10 Å². The topological polar surface area (TPSA) is 34.1 Å². The number of ether oxygens (including phenoxy) is 2. The minimum absolute atomic E-state index is 0.678. The molecule has 3 rings (SSSR count). The number of nitrogens with zero attached hydrogens (tertiary/aromatic N) is 2. The Morgan fingerprint density at radius 2 is 1.28 bits per heavy atom. The molecule has 0 aromatic heterocycles. The summed E-state index contributed by atoms with van der Waals surface area (Å²) in [5.41, 5.74) is 2.91. The van der Waals surface area contributed by atoms with Crippen LogP contribution in [0.3, 0.4) is 0 Å². The molecule has 0 amide bonds. The summed E-state index contributed by atoms with van der Waals surface area (Å²) in [6, 6.07) is 25.8. The van der Waals surface area contributed by atoms with Crippen molar-refractivity contribution >= 4 is 17.6 Å². The molecule has 0 saturated carbocycles. The zero-order valence-corrected chi connectivity index (χ0v) is 14.3. The van der Waals surface area contributed by atoms with Crippen molar-refractivity contribution in [1.29, 1.82) is 0 Å². The Kier molecular flexibility index (Phi) is 5.32. The van der Waals surface area contributed by atoms with E-state index >= 15 is 0 Å². The molecule has 25 heavy (non-hydrogen) atoms. The van der Waals surface area contributed by atoms with Crippen molar-refractivity contribution in [2.24, 2.45) is 5.10 Å². The van der Waals surface area contributed by atoms with Crippen LogP contribution in [0.25, 0.3) is 0 Å². The van der Waals surface area contributed by atoms with Gasteiger partial charge in [-0.2, -0.15) is 5.10 Å². The van der Waals surface area contributed by atoms with Gasteiger partial charge in [0.1, 0.15) is 0 Å². The van der Waals surface area contributed by atoms with Crippen molar-refractivity contribution in [3.8, 4) is 11.5 Å². The van der Waals surface area contributed by atoms with Gasteiger partial charge in [0.25, 0.3) is 0 Å². The molecule has 4 nitrogen and oxygen atoms in total. The molecule has 0 saturated heterocycles. The highest BCUT2D eigenvalue weighted by Gasteiger charge is 2.07. The van der Waals surface area contributed by atoms with E-state index in [1.165, 1.54) is 0 Å². The Morgan fingerprint density at radius 3 is 1.80 bits per heavy atom. The molecule has 0 bridgehead atoms. The molecule has 0 fully saturated rings. The van der Waals surface area contributed by atoms with Crippen LogP contribution < -0.4 is 14.5 Å². The molecule has 3 aromatic rings. The van der Waals surface area contributed by atoms with Crippen molar-refractivity contribution in [3.05, 3.63) is 84.4 Å². The van der Waals surface area contributed by atoms with E-state index in [1.54, 1.807) is 14.2 Å². The molecule has 3 aromatic carbocycles. The Morgan fingerprint density at radius 1 is 0.720 bits per heavy atom. The van der Waals surface area contributed by atoms with Gasteiger partial charge in [0, 0.05) is 0 Å². The van der Waals surface area contributed by atoms with Gasteiger partial charge in [-0.25, -0.2) is 5.01 Å². The molecule has 0 aliphatic rings. The van der Waals surface area contributed by atoms with Crippen LogP contribution in [0, 0.1) is 0 Å². The van der Waals surface area contributed by atoms with Crippen LogP contribution in [0.2, 0.25) is 0 Å². The van der Waals surface area contributed by atoms with Gasteiger partial charge in [0.15, 0.2) is 11.5 Å². The first-order chi connectivity index (χ1) is 12.3. The average molecular weight is 332 g/mol. The average Bonchev–Trinajstić information content (AvgIpc) is 2.69. The predicted octanol–water partition coefficient (Wildman–Crippen LogP) is 4.88. The molecule has 0 N–H and O–H groups in total. The minimum Gasteiger partial charge on any atom is -0.493 e. The summed E-state index contributed by atoms with van der Waals surface area (Å²) in [6.45, 7) is 0. The maximum atomic E-state index is 5.35. The van der Waals surface area contributed by atoms with Crippen LogP contribution in [0.4, 0.5) is 11.4 Å². The monoisotopic (exact) mass is 332 g/mol. The third-order valence-electron chi connectivity index (χ3n) is 3.73. The summed E-state index contributed by atoms with van der Waals surface area (Å²) in [5, 5.41) is 6.58. The van der Waals surface area contributed by atoms with Crippen molar-refractivity contribution in [2.75, 3.05) is 19.2 Å². The molecule has 0 aliphatic heterocycles. The Labute approximate surface area is 147 Å². The lowest BCUT2D eigenvalue weighted by molar-refractivity contribution is 0.355. The maximum Gasteiger partial charge on any atom is 0.161 e. The number of para-hydroxylation sites is 2. The lowest BCUT2D eigenvalue weighted by atomic mass is 10.2. The lowest BCUT2D eigenvalue weighted by Gasteiger charge is -2.19. The first kappa shape index (κ1) is 16.6. The highest BCUT2D eigenvalue weighted by atomic mass is 16.5. The second-order valence-electron chi connectivity index (χ2n) is 5.34. The second-order valence-corrected chi connectivity index (χ2v) is 5.34. The summed E-state index contributed by atoms with van der Waals surface area (Å²) < 4.78 is 10.6. The third kappa shape index (κ3) is 3.98. The highest BCUT2D eigenvalue weighted by molar-refractivity contribution is 5.83. The van der Waals surface area contributed by atoms with Gasteiger partial charge < -0.3 is 9.47 Å². The molecule has 126 valence electrons. The molecular formula is C21H20N2O2. The van der Waals surface area contributed by atoms with Crippen molar-refractivity contribution in [2.45, 2.75) is 0 Å². The maximum absolute atomic E-state index is 5.35. The number of methoxy groups -OCH3 is 2. The SMILES string of the molecule is COc1ccc(/C=N/N(c2ccccc2)c2ccccc2)cc1OC. The zero-order valence-electron chi connectivity index (χ0n) is 14.3. The van der Waals surface area contributed by atoms with Crippen LogP contribution in [0.1, 0.15) is 5.56 Å². The summed E-state index contributed by atoms with van der Waals surface area (Å²) in [7, 11) is 3.25. The highest BCUT2D eigenvalue weighted by Crippen LogP contribution is 2.28. The fourth-order valence-corrected chi connectivity index (χ4v) is 2.48. The lowest BCUT2D eigenvalue weighted by Crippen LogP contribution is -2.09. The van der Waals surface area contributed by atoms with Crippen LogP contribution in [0.15, 0.2) is 84.0 Å². The molecular weight excluding hydrogens is 312 g/mol. The van der Waals surface area contributed by atoms with Crippen molar-refractivity contribution in [1.82, 2.24) is 0 Å². The summed E-state index contributed by atoms with van der Waals surface area (Å²) in [6.07, 6.45) is 1.81. The fourth-order valence-electron chi connectivity index (χ4n) is 2.48. The standard InChI is InChI=1S/C21H20N2O2/c1-24-20-14-13-17(15-21(20)25-2)16-22-23(18-9-5-3-6-10-18)19-11-7-4-8-12-19/h3-16H,1-2H3/b22-16+. The predicted molar refractivity (Wildman–Crippen MR) is 102 cm³/mol. The van der Waals surface area contributed by atoms with Gasteiger partial charge in [-0.05, 0) is 48.0 Å². The number of benzene rings is 3. The quantitative estimate of drug-likeness (QED) is 0.477. The largest absolute Gasteiger partial charge is 0.493 e. The summed E-state index contributed by atoms with van der Waals surface area (Å²) >= 11 is 0. The number of hydrazone groups is 1. The van der Waals surface area contributed by atoms with Gasteiger partial charge >= 0.3 is 0 Å². The number of hydrogen-bond donors (Lipinski definition) is 0. The van der Waals surface area contributed by atoms with Crippen molar-refractivity contribution in [3.63, 3.8) is 0 Å². The van der Waals surface area contributed by atoms with Gasteiger partial charge in [-0.1, -0.05) is 36.4 Å². The number of rotatable bonds is 6. The minimum atomic E-state index is 0.678. The molecule has 0 aliphatic carbocycles. The molecule has 0 heterocycles. The molecule has 0 atom stereocenters. The van der Waals surface area contributed by atoms with E-state index < -0.39 is 0 Å². The third-order valence-corrected chi connectivity index (χ3v) is 3.73. The van der Waals surface area contributed by atoms with E-state index in [0.29, 0.717) is 11.5 Å². The van der Waals surface area contributed by atoms with Gasteiger partial charge in [0.05, 0.1) is 31.8 Å². The number of hydrogen-bond acceptors (Lipinski definition) is 4. The molecule has 4 heteroatoms. The van der Waals surface area contributed by atoms with E-state index in [9.17, 15) is 0 Å². The van der Waals surface area contributed by atoms with Crippen LogP contribution in [0.5, 0.6) is 11.5 Å². The summed E-state index contributed by atoms with van der Waals surface area (Å²) in [4.78, 5) is 0. The summed E-state index contributed by atoms with van der Waals surface area (Å²) in [5.74, 6) is 1.38. The zero-order chi connectivity index (χ0) is 17.5. The van der Waals surface area contributed by atoms with Crippen LogP contribution in [-0.2, 0) is 0 Å². The first-order valence-corrected chi connectivity index (χ1v) is 7.98. The molecule has 0 radical (unpaired) electrons. The fraction of sp³-hybridized carbons (Fsp3) is 0.0952. The normalized spacial score (nSPS) is 10.6. The van der Waals surface area contributed by atoms with Gasteiger partial charge in [0.2, 0.25) is 0 Å².